The molecule has 4 heteroatoms. The summed E-state index contributed by atoms with van der Waals surface area (Å²) in [7, 11) is 0. The SMILES string of the molecule is O=C(CCCCBr)N(Cc1cccc(F)c1)C1CC1. The number of rotatable bonds is 7. The zero-order valence-corrected chi connectivity index (χ0v) is 12.5. The number of hydrogen-bond acceptors (Lipinski definition) is 1. The normalized spacial score (nSPS) is 14.4. The first-order valence-electron chi connectivity index (χ1n) is 6.80. The Morgan fingerprint density at radius 2 is 2.16 bits per heavy atom. The van der Waals surface area contributed by atoms with E-state index in [9.17, 15) is 9.18 Å². The van der Waals surface area contributed by atoms with E-state index in [0.29, 0.717) is 19.0 Å². The summed E-state index contributed by atoms with van der Waals surface area (Å²) in [4.78, 5) is 14.1. The van der Waals surface area contributed by atoms with E-state index in [1.165, 1.54) is 12.1 Å². The highest BCUT2D eigenvalue weighted by atomic mass is 79.9. The molecule has 0 atom stereocenters. The smallest absolute Gasteiger partial charge is 0.223 e. The molecule has 0 spiro atoms. The second-order valence-corrected chi connectivity index (χ2v) is 5.82. The van der Waals surface area contributed by atoms with Crippen LogP contribution in [-0.4, -0.2) is 22.2 Å². The third-order valence-corrected chi connectivity index (χ3v) is 3.88. The van der Waals surface area contributed by atoms with E-state index in [0.717, 1.165) is 36.6 Å². The number of amides is 1. The highest BCUT2D eigenvalue weighted by molar-refractivity contribution is 9.09. The molecule has 104 valence electrons. The second kappa shape index (κ2) is 7.04. The topological polar surface area (TPSA) is 20.3 Å². The lowest BCUT2D eigenvalue weighted by Gasteiger charge is -2.22. The van der Waals surface area contributed by atoms with Crippen LogP contribution in [0.2, 0.25) is 0 Å². The summed E-state index contributed by atoms with van der Waals surface area (Å²) < 4.78 is 13.2. The summed E-state index contributed by atoms with van der Waals surface area (Å²) in [6.07, 6.45) is 4.69. The number of carbonyl (C=O) groups excluding carboxylic acids is 1. The van der Waals surface area contributed by atoms with E-state index >= 15 is 0 Å². The van der Waals surface area contributed by atoms with E-state index in [-0.39, 0.29) is 11.7 Å². The molecule has 0 aromatic heterocycles. The van der Waals surface area contributed by atoms with E-state index in [2.05, 4.69) is 15.9 Å². The average molecular weight is 328 g/mol. The number of alkyl halides is 1. The van der Waals surface area contributed by atoms with Crippen molar-refractivity contribution in [1.29, 1.82) is 0 Å². The van der Waals surface area contributed by atoms with Gasteiger partial charge in [0.05, 0.1) is 0 Å². The zero-order chi connectivity index (χ0) is 13.7. The maximum atomic E-state index is 13.2. The van der Waals surface area contributed by atoms with Crippen molar-refractivity contribution in [2.45, 2.75) is 44.7 Å². The highest BCUT2D eigenvalue weighted by Gasteiger charge is 2.32. The van der Waals surface area contributed by atoms with Crippen molar-refractivity contribution >= 4 is 21.8 Å². The third-order valence-electron chi connectivity index (χ3n) is 3.32. The fraction of sp³-hybridized carbons (Fsp3) is 0.533. The first kappa shape index (κ1) is 14.5. The lowest BCUT2D eigenvalue weighted by molar-refractivity contribution is -0.132. The molecule has 1 aliphatic carbocycles. The van der Waals surface area contributed by atoms with Crippen LogP contribution in [0.3, 0.4) is 0 Å². The Kier molecular flexibility index (Phi) is 5.37. The van der Waals surface area contributed by atoms with Gasteiger partial charge in [0, 0.05) is 24.3 Å². The van der Waals surface area contributed by atoms with Crippen LogP contribution in [0.1, 0.15) is 37.7 Å². The lowest BCUT2D eigenvalue weighted by atomic mass is 10.1. The first-order valence-corrected chi connectivity index (χ1v) is 7.92. The van der Waals surface area contributed by atoms with Crippen molar-refractivity contribution < 1.29 is 9.18 Å². The Morgan fingerprint density at radius 1 is 1.37 bits per heavy atom. The summed E-state index contributed by atoms with van der Waals surface area (Å²) >= 11 is 3.37. The predicted molar refractivity (Wildman–Crippen MR) is 77.6 cm³/mol. The largest absolute Gasteiger partial charge is 0.335 e. The Labute approximate surface area is 122 Å². The molecule has 0 unspecified atom stereocenters. The summed E-state index contributed by atoms with van der Waals surface area (Å²) in [5.41, 5.74) is 0.876. The summed E-state index contributed by atoms with van der Waals surface area (Å²) in [5, 5.41) is 0.938. The number of benzene rings is 1. The van der Waals surface area contributed by atoms with Gasteiger partial charge in [0.2, 0.25) is 5.91 Å². The average Bonchev–Trinajstić information content (AvgIpc) is 3.20. The molecule has 1 amide bonds. The minimum absolute atomic E-state index is 0.202. The minimum Gasteiger partial charge on any atom is -0.335 e. The molecule has 0 radical (unpaired) electrons. The molecule has 1 fully saturated rings. The molecule has 0 aliphatic heterocycles. The van der Waals surface area contributed by atoms with Crippen molar-refractivity contribution in [2.75, 3.05) is 5.33 Å². The van der Waals surface area contributed by atoms with Crippen LogP contribution >= 0.6 is 15.9 Å². The van der Waals surface area contributed by atoms with Crippen molar-refractivity contribution in [2.24, 2.45) is 0 Å². The monoisotopic (exact) mass is 327 g/mol. The number of halogens is 2. The predicted octanol–water partition coefficient (Wildman–Crippen LogP) is 3.88. The number of hydrogen-bond donors (Lipinski definition) is 0. The Morgan fingerprint density at radius 3 is 2.79 bits per heavy atom. The van der Waals surface area contributed by atoms with Gasteiger partial charge in [0.15, 0.2) is 0 Å². The summed E-state index contributed by atoms with van der Waals surface area (Å²) in [5.74, 6) is -0.0345. The van der Waals surface area contributed by atoms with Gasteiger partial charge < -0.3 is 4.90 Å². The number of carbonyl (C=O) groups is 1. The number of unbranched alkanes of at least 4 members (excludes halogenated alkanes) is 1. The van der Waals surface area contributed by atoms with Crippen molar-refractivity contribution in [3.63, 3.8) is 0 Å². The van der Waals surface area contributed by atoms with Gasteiger partial charge in [-0.25, -0.2) is 4.39 Å². The lowest BCUT2D eigenvalue weighted by Crippen LogP contribution is -2.32. The third kappa shape index (κ3) is 4.60. The Hall–Kier alpha value is -0.900. The first-order chi connectivity index (χ1) is 9.20. The van der Waals surface area contributed by atoms with E-state index in [1.807, 2.05) is 11.0 Å². The molecule has 0 N–H and O–H groups in total. The van der Waals surface area contributed by atoms with Crippen LogP contribution in [-0.2, 0) is 11.3 Å². The van der Waals surface area contributed by atoms with Gasteiger partial charge >= 0.3 is 0 Å². The fourth-order valence-electron chi connectivity index (χ4n) is 2.15. The van der Waals surface area contributed by atoms with Gasteiger partial charge in [0.25, 0.3) is 0 Å². The van der Waals surface area contributed by atoms with Crippen molar-refractivity contribution in [3.05, 3.63) is 35.6 Å². The van der Waals surface area contributed by atoms with Gasteiger partial charge in [-0.05, 0) is 43.4 Å². The molecular weight excluding hydrogens is 309 g/mol. The molecular formula is C15H19BrFNO. The van der Waals surface area contributed by atoms with E-state index < -0.39 is 0 Å². The molecule has 19 heavy (non-hydrogen) atoms. The van der Waals surface area contributed by atoms with E-state index in [4.69, 9.17) is 0 Å². The van der Waals surface area contributed by atoms with E-state index in [1.54, 1.807) is 6.07 Å². The maximum absolute atomic E-state index is 13.2. The maximum Gasteiger partial charge on any atom is 0.223 e. The molecule has 1 aromatic rings. The molecule has 1 aromatic carbocycles. The second-order valence-electron chi connectivity index (χ2n) is 5.03. The minimum atomic E-state index is -0.236. The fourth-order valence-corrected chi connectivity index (χ4v) is 2.55. The highest BCUT2D eigenvalue weighted by Crippen LogP contribution is 2.29. The van der Waals surface area contributed by atoms with Crippen LogP contribution in [0.25, 0.3) is 0 Å². The van der Waals surface area contributed by atoms with Gasteiger partial charge in [-0.1, -0.05) is 28.1 Å². The standard InChI is InChI=1S/C15H19BrFNO/c16-9-2-1-6-15(19)18(14-7-8-14)11-12-4-3-5-13(17)10-12/h3-5,10,14H,1-2,6-9,11H2. The molecule has 0 heterocycles. The van der Waals surface area contributed by atoms with Crippen LogP contribution in [0.4, 0.5) is 4.39 Å². The number of nitrogens with zero attached hydrogens (tertiary/aromatic N) is 1. The van der Waals surface area contributed by atoms with Gasteiger partial charge in [-0.15, -0.1) is 0 Å². The van der Waals surface area contributed by atoms with Crippen molar-refractivity contribution in [1.82, 2.24) is 4.90 Å². The van der Waals surface area contributed by atoms with Gasteiger partial charge in [-0.3, -0.25) is 4.79 Å². The molecule has 0 saturated heterocycles. The van der Waals surface area contributed by atoms with Crippen LogP contribution in [0, 0.1) is 5.82 Å². The molecule has 2 rings (SSSR count). The van der Waals surface area contributed by atoms with Gasteiger partial charge in [-0.2, -0.15) is 0 Å². The quantitative estimate of drug-likeness (QED) is 0.549. The van der Waals surface area contributed by atoms with Gasteiger partial charge in [0.1, 0.15) is 5.82 Å². The molecule has 0 bridgehead atoms. The molecule has 2 nitrogen and oxygen atoms in total. The molecule has 1 aliphatic rings. The summed E-state index contributed by atoms with van der Waals surface area (Å²) in [6, 6.07) is 6.90. The van der Waals surface area contributed by atoms with Crippen LogP contribution < -0.4 is 0 Å². The van der Waals surface area contributed by atoms with Crippen molar-refractivity contribution in [3.8, 4) is 0 Å². The Balaban J connectivity index is 1.94. The van der Waals surface area contributed by atoms with Crippen LogP contribution in [0.15, 0.2) is 24.3 Å². The summed E-state index contributed by atoms with van der Waals surface area (Å²) in [6.45, 7) is 0.537. The van der Waals surface area contributed by atoms with Crippen LogP contribution in [0.5, 0.6) is 0 Å². The zero-order valence-electron chi connectivity index (χ0n) is 10.9. The Bertz CT molecular complexity index is 434. The molecule has 1 saturated carbocycles.